The summed E-state index contributed by atoms with van der Waals surface area (Å²) in [7, 11) is 0. The summed E-state index contributed by atoms with van der Waals surface area (Å²) in [5.74, 6) is 0. The van der Waals surface area contributed by atoms with Gasteiger partial charge in [-0.1, -0.05) is 283 Å². The molecule has 6 heterocycles. The van der Waals surface area contributed by atoms with Gasteiger partial charge >= 0.3 is 0 Å². The van der Waals surface area contributed by atoms with Gasteiger partial charge < -0.3 is 27.9 Å². The molecule has 546 valence electrons. The average molecular weight is 1470 g/mol. The van der Waals surface area contributed by atoms with Crippen LogP contribution in [0.4, 0.5) is 34.1 Å². The average Bonchev–Trinajstić information content (AvgIpc) is 1.68. The summed E-state index contributed by atoms with van der Waals surface area (Å²) in [6.45, 7) is 26.9. The van der Waals surface area contributed by atoms with Crippen LogP contribution in [-0.4, -0.2) is 20.4 Å². The fraction of sp³-hybridized carbons (Fsp3) is 0.151. The summed E-state index contributed by atoms with van der Waals surface area (Å²) in [6.07, 6.45) is 0. The maximum absolute atomic E-state index is 10.0. The third-order valence-corrected chi connectivity index (χ3v) is 24.0. The normalized spacial score (nSPS) is 14.2. The fourth-order valence-corrected chi connectivity index (χ4v) is 18.3. The Kier molecular flexibility index (Phi) is 13.2. The highest BCUT2D eigenvalue weighted by Crippen LogP contribution is 2.55. The van der Waals surface area contributed by atoms with Crippen LogP contribution < -0.4 is 26.2 Å². The van der Waals surface area contributed by atoms with Crippen LogP contribution in [0.1, 0.15) is 116 Å². The first-order chi connectivity index (χ1) is 57.9. The summed E-state index contributed by atoms with van der Waals surface area (Å²) < 4.78 is 90.5. The van der Waals surface area contributed by atoms with Crippen LogP contribution in [-0.2, 0) is 21.7 Å². The molecule has 0 aliphatic carbocycles. The molecule has 113 heavy (non-hydrogen) atoms. The minimum atomic E-state index is -0.570. The maximum atomic E-state index is 10.0. The van der Waals surface area contributed by atoms with E-state index in [1.807, 2.05) is 12.1 Å². The lowest BCUT2D eigenvalue weighted by molar-refractivity contribution is 0.569. The molecular weight excluding hydrogens is 1370 g/mol. The van der Waals surface area contributed by atoms with Crippen molar-refractivity contribution in [2.45, 2.75) is 105 Å². The van der Waals surface area contributed by atoms with E-state index in [1.54, 1.807) is 4.57 Å². The Morgan fingerprint density at radius 1 is 0.283 bits per heavy atom. The Morgan fingerprint density at radius 2 is 0.743 bits per heavy atom. The van der Waals surface area contributed by atoms with Crippen LogP contribution >= 0.6 is 0 Å². The van der Waals surface area contributed by atoms with E-state index in [4.69, 9.17) is 4.42 Å². The molecule has 0 fully saturated rings. The Bertz CT molecular complexity index is 7500. The third kappa shape index (κ3) is 10.7. The molecule has 2 aliphatic rings. The first-order valence-corrected chi connectivity index (χ1v) is 39.4. The number of hydrogen-bond acceptors (Lipinski definition) is 3. The van der Waals surface area contributed by atoms with Gasteiger partial charge in [-0.3, -0.25) is 0 Å². The Labute approximate surface area is 672 Å². The molecule has 0 saturated carbocycles. The molecule has 0 unspecified atom stereocenters. The summed E-state index contributed by atoms with van der Waals surface area (Å²) >= 11 is 0. The van der Waals surface area contributed by atoms with Crippen molar-refractivity contribution in [1.82, 2.24) is 13.7 Å². The lowest BCUT2D eigenvalue weighted by atomic mass is 9.33. The molecule has 4 aromatic heterocycles. The predicted molar refractivity (Wildman–Crippen MR) is 482 cm³/mol. The monoisotopic (exact) mass is 1470 g/mol. The van der Waals surface area contributed by atoms with Gasteiger partial charge in [0, 0.05) is 83.1 Å². The van der Waals surface area contributed by atoms with Crippen LogP contribution in [0.3, 0.4) is 0 Å². The number of benzene rings is 15. The molecule has 0 saturated heterocycles. The largest absolute Gasteiger partial charge is 0.456 e. The van der Waals surface area contributed by atoms with E-state index in [0.29, 0.717) is 5.69 Å². The topological polar surface area (TPSA) is 34.4 Å². The van der Waals surface area contributed by atoms with Crippen LogP contribution in [0, 0.1) is 0 Å². The number of aromatic nitrogens is 3. The predicted octanol–water partition coefficient (Wildman–Crippen LogP) is 27.2. The van der Waals surface area contributed by atoms with Crippen LogP contribution in [0.25, 0.3) is 138 Å². The van der Waals surface area contributed by atoms with Crippen LogP contribution in [0.15, 0.2) is 320 Å². The quantitative estimate of drug-likeness (QED) is 0.142. The van der Waals surface area contributed by atoms with E-state index in [1.165, 1.54) is 33.0 Å². The van der Waals surface area contributed by atoms with Crippen molar-refractivity contribution in [2.75, 3.05) is 9.80 Å². The Balaban J connectivity index is 0.985. The number of anilines is 6. The van der Waals surface area contributed by atoms with Gasteiger partial charge in [0.05, 0.1) is 60.8 Å². The molecule has 2 aliphatic heterocycles. The van der Waals surface area contributed by atoms with Gasteiger partial charge in [-0.2, -0.15) is 0 Å². The minimum Gasteiger partial charge on any atom is -0.456 e. The first kappa shape index (κ1) is 60.0. The van der Waals surface area contributed by atoms with Crippen molar-refractivity contribution in [2.24, 2.45) is 0 Å². The lowest BCUT2D eigenvalue weighted by Gasteiger charge is -2.45. The molecule has 0 N–H and O–H groups in total. The van der Waals surface area contributed by atoms with Gasteiger partial charge in [0.15, 0.2) is 0 Å². The fourth-order valence-electron chi connectivity index (χ4n) is 18.3. The maximum Gasteiger partial charge on any atom is 0.252 e. The van der Waals surface area contributed by atoms with Crippen molar-refractivity contribution in [3.05, 3.63) is 338 Å². The molecule has 0 radical (unpaired) electrons. The second-order valence-corrected chi connectivity index (χ2v) is 35.1. The molecule has 0 amide bonds. The van der Waals surface area contributed by atoms with Gasteiger partial charge in [0.25, 0.3) is 6.71 Å². The van der Waals surface area contributed by atoms with Gasteiger partial charge in [-0.25, -0.2) is 0 Å². The molecule has 0 atom stereocenters. The summed E-state index contributed by atoms with van der Waals surface area (Å²) in [6, 6.07) is 93.8. The van der Waals surface area contributed by atoms with Crippen LogP contribution in [0.5, 0.6) is 0 Å². The molecule has 21 rings (SSSR count). The molecule has 7 heteroatoms. The van der Waals surface area contributed by atoms with E-state index < -0.39 is 43.0 Å². The number of nitrogens with zero attached hydrogens (tertiary/aromatic N) is 5. The molecule has 0 spiro atoms. The molecule has 15 aromatic carbocycles. The molecule has 6 nitrogen and oxygen atoms in total. The van der Waals surface area contributed by atoms with Crippen molar-refractivity contribution in [3.8, 4) is 50.4 Å². The van der Waals surface area contributed by atoms with Crippen LogP contribution in [0.2, 0.25) is 0 Å². The number of para-hydroxylation sites is 5. The van der Waals surface area contributed by atoms with Crippen molar-refractivity contribution < 1.29 is 15.4 Å². The van der Waals surface area contributed by atoms with Gasteiger partial charge in [0.2, 0.25) is 0 Å². The van der Waals surface area contributed by atoms with Gasteiger partial charge in [-0.05, 0) is 203 Å². The summed E-state index contributed by atoms with van der Waals surface area (Å²) in [5.41, 5.74) is 26.0. The van der Waals surface area contributed by atoms with Crippen molar-refractivity contribution in [3.63, 3.8) is 0 Å². The second-order valence-electron chi connectivity index (χ2n) is 35.1. The molecule has 19 aromatic rings. The second kappa shape index (κ2) is 24.8. The highest BCUT2D eigenvalue weighted by atomic mass is 16.3. The Hall–Kier alpha value is -12.8. The molecular formula is C106H88BN5O. The standard InChI is InChI=1S/C106H88BN5O/c1-103(2,3)70-44-51-89-82(61-70)83-62-71(104(4,5)6)45-52-90(83)110(89)75-46-49-84-92(63-75)111(94-56-69(65-30-16-13-17-31-65)59-98-99(94)81-39-25-29-43-97(81)113-98)95-57-68(67-54-72(105(7,8)9)60-73(55-67)106(10,11)12)58-96-101(95)107(84)85-50-47-76(109-86-40-26-22-36-78(86)79-37-23-27-41-87(79)109)64-93(85)112(96)102-77(66-32-18-14-19-33-66)48-53-91-100(102)80-38-24-28-42-88(80)108(91)74-34-20-15-21-35-74/h13-64H,1-12H3/i22D,23D,26D,27D,36D,37D,40D,41D. The zero-order valence-corrected chi connectivity index (χ0v) is 65.6. The zero-order valence-electron chi connectivity index (χ0n) is 73.6. The van der Waals surface area contributed by atoms with E-state index in [0.717, 1.165) is 150 Å². The van der Waals surface area contributed by atoms with Crippen molar-refractivity contribution >= 4 is 145 Å². The molecule has 0 bridgehead atoms. The number of fused-ring (bicyclic) bond motifs is 16. The highest BCUT2D eigenvalue weighted by molar-refractivity contribution is 7.00. The SMILES string of the molecule is [2H]c1c([2H])c([2H])c2c(c1[2H])c1c([2H])c([2H])c([2H])c([2H])c1n2-c1ccc2c(c1)N(c1c(-c3ccccc3)ccc3c1c1ccccc1n3-c1ccccc1)c1cc(-c3cc(C(C)(C)C)cc(C(C)(C)C)c3)cc3c1B2c1ccc(-n2c4ccc(C(C)(C)C)cc4c4cc(C(C)(C)C)ccc42)cc1N3c1cc(-c2ccccc2)cc2oc3ccccc3c12. The number of rotatable bonds is 8. The van der Waals surface area contributed by atoms with E-state index in [2.05, 4.69) is 357 Å². The van der Waals surface area contributed by atoms with E-state index >= 15 is 0 Å². The van der Waals surface area contributed by atoms with E-state index in [9.17, 15) is 11.0 Å². The van der Waals surface area contributed by atoms with Crippen molar-refractivity contribution in [1.29, 1.82) is 0 Å². The van der Waals surface area contributed by atoms with Gasteiger partial charge in [0.1, 0.15) is 11.2 Å². The third-order valence-electron chi connectivity index (χ3n) is 24.0. The number of hydrogen-bond donors (Lipinski definition) is 0. The summed E-state index contributed by atoms with van der Waals surface area (Å²) in [5, 5.41) is 6.21. The summed E-state index contributed by atoms with van der Waals surface area (Å²) in [4.78, 5) is 5.05. The number of furan rings is 1. The first-order valence-electron chi connectivity index (χ1n) is 43.4. The minimum absolute atomic E-state index is 0.000321. The van der Waals surface area contributed by atoms with Gasteiger partial charge in [-0.15, -0.1) is 0 Å². The lowest BCUT2D eigenvalue weighted by Crippen LogP contribution is -2.61. The zero-order chi connectivity index (χ0) is 83.8. The smallest absolute Gasteiger partial charge is 0.252 e. The highest BCUT2D eigenvalue weighted by Gasteiger charge is 2.46. The Morgan fingerprint density at radius 3 is 1.34 bits per heavy atom. The van der Waals surface area contributed by atoms with E-state index in [-0.39, 0.29) is 55.6 Å².